The van der Waals surface area contributed by atoms with Crippen LogP contribution in [0.1, 0.15) is 31.2 Å². The largest absolute Gasteiger partial charge is 0.481 e. The van der Waals surface area contributed by atoms with Gasteiger partial charge in [-0.15, -0.1) is 0 Å². The highest BCUT2D eigenvalue weighted by atomic mass is 79.9. The van der Waals surface area contributed by atoms with Gasteiger partial charge in [0.05, 0.1) is 17.1 Å². The lowest BCUT2D eigenvalue weighted by Gasteiger charge is -2.12. The Morgan fingerprint density at radius 2 is 2.00 bits per heavy atom. The van der Waals surface area contributed by atoms with E-state index in [1.165, 1.54) is 4.68 Å². The topological polar surface area (TPSA) is 93.8 Å². The second-order valence-electron chi connectivity index (χ2n) is 7.54. The van der Waals surface area contributed by atoms with E-state index < -0.39 is 12.6 Å². The highest BCUT2D eigenvalue weighted by Gasteiger charge is 2.13. The molecule has 0 saturated heterocycles. The Balaban J connectivity index is 1.88. The van der Waals surface area contributed by atoms with Crippen LogP contribution in [-0.2, 0) is 11.2 Å². The minimum absolute atomic E-state index is 0.267. The number of rotatable bonds is 8. The van der Waals surface area contributed by atoms with E-state index in [-0.39, 0.29) is 5.56 Å². The number of hydrogen-bond donors (Lipinski definition) is 1. The molecule has 33 heavy (non-hydrogen) atoms. The van der Waals surface area contributed by atoms with Gasteiger partial charge in [0.25, 0.3) is 5.56 Å². The van der Waals surface area contributed by atoms with Gasteiger partial charge in [-0.3, -0.25) is 4.79 Å². The number of nitrogens with zero attached hydrogens (tertiary/aromatic N) is 3. The number of aryl methyl sites for hydroxylation is 1. The van der Waals surface area contributed by atoms with Crippen molar-refractivity contribution in [2.24, 2.45) is 5.10 Å². The third-order valence-electron chi connectivity index (χ3n) is 5.21. The number of ether oxygens (including phenoxy) is 1. The van der Waals surface area contributed by atoms with Crippen molar-refractivity contribution in [3.63, 3.8) is 0 Å². The maximum Gasteiger partial charge on any atom is 0.341 e. The van der Waals surface area contributed by atoms with Crippen molar-refractivity contribution >= 4 is 49.8 Å². The van der Waals surface area contributed by atoms with E-state index in [1.54, 1.807) is 18.3 Å². The van der Waals surface area contributed by atoms with Crippen LogP contribution in [0.25, 0.3) is 21.7 Å². The molecule has 1 heterocycles. The Bertz CT molecular complexity index is 1430. The minimum atomic E-state index is -1.08. The molecule has 0 aliphatic heterocycles. The first-order valence-corrected chi connectivity index (χ1v) is 11.4. The van der Waals surface area contributed by atoms with Gasteiger partial charge in [0, 0.05) is 16.5 Å². The molecule has 0 bridgehead atoms. The normalized spacial score (nSPS) is 11.5. The first-order chi connectivity index (χ1) is 16.0. The Morgan fingerprint density at radius 1 is 1.18 bits per heavy atom. The van der Waals surface area contributed by atoms with E-state index in [2.05, 4.69) is 28.0 Å². The van der Waals surface area contributed by atoms with Crippen molar-refractivity contribution < 1.29 is 14.6 Å². The maximum absolute atomic E-state index is 13.3. The Morgan fingerprint density at radius 3 is 2.79 bits per heavy atom. The zero-order chi connectivity index (χ0) is 23.4. The average molecular weight is 508 g/mol. The molecule has 0 atom stereocenters. The average Bonchev–Trinajstić information content (AvgIpc) is 2.81. The standard InChI is InChI=1S/C25H22BrN3O4/c1-2-3-8-23-28-21-11-10-17(26)13-19(21)25(32)29(23)27-14-20-18-7-5-4-6-16(18)9-12-22(20)33-15-24(30)31/h4-7,9-14H,2-3,8,15H2,1H3,(H,30,31). The number of aromatic nitrogens is 2. The number of carboxylic acids is 1. The fourth-order valence-corrected chi connectivity index (χ4v) is 3.96. The summed E-state index contributed by atoms with van der Waals surface area (Å²) in [5.41, 5.74) is 0.949. The van der Waals surface area contributed by atoms with Crippen LogP contribution in [-0.4, -0.2) is 33.6 Å². The zero-order valence-corrected chi connectivity index (χ0v) is 19.6. The lowest BCUT2D eigenvalue weighted by atomic mass is 10.0. The number of carbonyl (C=O) groups is 1. The zero-order valence-electron chi connectivity index (χ0n) is 18.0. The molecule has 8 heteroatoms. The lowest BCUT2D eigenvalue weighted by molar-refractivity contribution is -0.139. The number of hydrogen-bond acceptors (Lipinski definition) is 5. The maximum atomic E-state index is 13.3. The second-order valence-corrected chi connectivity index (χ2v) is 8.45. The molecule has 7 nitrogen and oxygen atoms in total. The SMILES string of the molecule is CCCCc1nc2ccc(Br)cc2c(=O)n1N=Cc1c(OCC(=O)O)ccc2ccccc12. The summed E-state index contributed by atoms with van der Waals surface area (Å²) >= 11 is 3.41. The molecule has 0 unspecified atom stereocenters. The summed E-state index contributed by atoms with van der Waals surface area (Å²) in [5, 5.41) is 15.8. The highest BCUT2D eigenvalue weighted by molar-refractivity contribution is 9.10. The smallest absolute Gasteiger partial charge is 0.341 e. The van der Waals surface area contributed by atoms with Gasteiger partial charge in [-0.25, -0.2) is 9.78 Å². The van der Waals surface area contributed by atoms with Crippen molar-refractivity contribution in [1.29, 1.82) is 0 Å². The molecule has 0 aliphatic rings. The summed E-state index contributed by atoms with van der Waals surface area (Å²) < 4.78 is 7.61. The van der Waals surface area contributed by atoms with Crippen LogP contribution >= 0.6 is 15.9 Å². The molecule has 4 rings (SSSR count). The molecule has 0 aliphatic carbocycles. The Kier molecular flexibility index (Phi) is 6.84. The van der Waals surface area contributed by atoms with Gasteiger partial charge in [-0.1, -0.05) is 59.6 Å². The van der Waals surface area contributed by atoms with E-state index in [0.717, 1.165) is 28.1 Å². The summed E-state index contributed by atoms with van der Waals surface area (Å²) in [6, 6.07) is 16.6. The van der Waals surface area contributed by atoms with Crippen molar-refractivity contribution in [2.45, 2.75) is 26.2 Å². The summed E-state index contributed by atoms with van der Waals surface area (Å²) in [6.07, 6.45) is 3.97. The van der Waals surface area contributed by atoms with Gasteiger partial charge in [0.15, 0.2) is 6.61 Å². The summed E-state index contributed by atoms with van der Waals surface area (Å²) in [6.45, 7) is 1.60. The first-order valence-electron chi connectivity index (χ1n) is 10.6. The predicted molar refractivity (Wildman–Crippen MR) is 132 cm³/mol. The van der Waals surface area contributed by atoms with Crippen molar-refractivity contribution in [3.05, 3.63) is 80.8 Å². The molecule has 1 N–H and O–H groups in total. The summed E-state index contributed by atoms with van der Waals surface area (Å²) in [5.74, 6) is -0.130. The number of unbranched alkanes of at least 4 members (excludes halogenated alkanes) is 1. The summed E-state index contributed by atoms with van der Waals surface area (Å²) in [7, 11) is 0. The first kappa shape index (κ1) is 22.7. The molecular formula is C25H22BrN3O4. The number of halogens is 1. The van der Waals surface area contributed by atoms with Gasteiger partial charge in [-0.05, 0) is 41.5 Å². The van der Waals surface area contributed by atoms with Crippen LogP contribution in [0.3, 0.4) is 0 Å². The van der Waals surface area contributed by atoms with E-state index in [1.807, 2.05) is 42.5 Å². The van der Waals surface area contributed by atoms with E-state index in [4.69, 9.17) is 14.8 Å². The van der Waals surface area contributed by atoms with Crippen LogP contribution < -0.4 is 10.3 Å². The van der Waals surface area contributed by atoms with E-state index in [9.17, 15) is 9.59 Å². The molecule has 0 saturated carbocycles. The molecule has 0 fully saturated rings. The number of fused-ring (bicyclic) bond motifs is 2. The quantitative estimate of drug-likeness (QED) is 0.338. The minimum Gasteiger partial charge on any atom is -0.481 e. The Hall–Kier alpha value is -3.52. The van der Waals surface area contributed by atoms with Crippen molar-refractivity contribution in [3.8, 4) is 5.75 Å². The molecule has 1 aromatic heterocycles. The fourth-order valence-electron chi connectivity index (χ4n) is 3.60. The molecular weight excluding hydrogens is 486 g/mol. The van der Waals surface area contributed by atoms with E-state index >= 15 is 0 Å². The van der Waals surface area contributed by atoms with Gasteiger partial charge >= 0.3 is 5.97 Å². The second kappa shape index (κ2) is 9.95. The predicted octanol–water partition coefficient (Wildman–Crippen LogP) is 5.00. The van der Waals surface area contributed by atoms with Gasteiger partial charge < -0.3 is 9.84 Å². The van der Waals surface area contributed by atoms with Gasteiger partial charge in [-0.2, -0.15) is 9.78 Å². The number of aliphatic carboxylic acids is 1. The van der Waals surface area contributed by atoms with Gasteiger partial charge in [0.1, 0.15) is 11.6 Å². The number of benzene rings is 3. The summed E-state index contributed by atoms with van der Waals surface area (Å²) in [4.78, 5) is 29.1. The molecule has 4 aromatic rings. The van der Waals surface area contributed by atoms with Crippen LogP contribution in [0.5, 0.6) is 5.75 Å². The van der Waals surface area contributed by atoms with Crippen LogP contribution in [0, 0.1) is 0 Å². The molecule has 0 radical (unpaired) electrons. The Labute approximate surface area is 198 Å². The van der Waals surface area contributed by atoms with Crippen molar-refractivity contribution in [1.82, 2.24) is 9.66 Å². The van der Waals surface area contributed by atoms with Crippen molar-refractivity contribution in [2.75, 3.05) is 6.61 Å². The van der Waals surface area contributed by atoms with Crippen LogP contribution in [0.15, 0.2) is 69.0 Å². The lowest BCUT2D eigenvalue weighted by Crippen LogP contribution is -2.22. The molecule has 0 amide bonds. The number of carboxylic acid groups (broad SMARTS) is 1. The monoisotopic (exact) mass is 507 g/mol. The third kappa shape index (κ3) is 4.96. The van der Waals surface area contributed by atoms with Crippen LogP contribution in [0.2, 0.25) is 0 Å². The molecule has 0 spiro atoms. The fraction of sp³-hybridized carbons (Fsp3) is 0.200. The van der Waals surface area contributed by atoms with Crippen LogP contribution in [0.4, 0.5) is 0 Å². The molecule has 3 aromatic carbocycles. The highest BCUT2D eigenvalue weighted by Crippen LogP contribution is 2.27. The van der Waals surface area contributed by atoms with E-state index in [0.29, 0.717) is 34.5 Å². The third-order valence-corrected chi connectivity index (χ3v) is 5.71. The van der Waals surface area contributed by atoms with Gasteiger partial charge in [0.2, 0.25) is 0 Å². The molecule has 168 valence electrons.